The van der Waals surface area contributed by atoms with Gasteiger partial charge in [0.2, 0.25) is 0 Å². The molecule has 1 nitrogen and oxygen atoms in total. The van der Waals surface area contributed by atoms with Gasteiger partial charge in [0.1, 0.15) is 0 Å². The second kappa shape index (κ2) is 13.7. The third-order valence-electron chi connectivity index (χ3n) is 15.2. The Morgan fingerprint density at radius 2 is 0.967 bits per heavy atom. The van der Waals surface area contributed by atoms with Gasteiger partial charge in [-0.15, -0.1) is 0 Å². The Hall–Kier alpha value is -6.18. The lowest BCUT2D eigenvalue weighted by atomic mass is 9.48. The van der Waals surface area contributed by atoms with E-state index in [2.05, 4.69) is 201 Å². The highest BCUT2D eigenvalue weighted by atomic mass is 15.1. The van der Waals surface area contributed by atoms with Crippen molar-refractivity contribution in [3.8, 4) is 44.5 Å². The molecule has 0 spiro atoms. The van der Waals surface area contributed by atoms with Crippen LogP contribution in [-0.2, 0) is 10.8 Å². The molecule has 8 aromatic rings. The molecule has 5 aliphatic rings. The van der Waals surface area contributed by atoms with Crippen molar-refractivity contribution in [2.45, 2.75) is 63.2 Å². The minimum absolute atomic E-state index is 0.109. The molecule has 0 amide bonds. The van der Waals surface area contributed by atoms with E-state index in [-0.39, 0.29) is 5.41 Å². The summed E-state index contributed by atoms with van der Waals surface area (Å²) in [5, 5.41) is 2.52. The Balaban J connectivity index is 0.970. The first kappa shape index (κ1) is 35.7. The molecular formula is C59H51N. The van der Waals surface area contributed by atoms with Crippen molar-refractivity contribution in [2.24, 2.45) is 17.8 Å². The lowest BCUT2D eigenvalue weighted by Gasteiger charge is -2.57. The topological polar surface area (TPSA) is 3.24 Å². The van der Waals surface area contributed by atoms with Gasteiger partial charge in [0.15, 0.2) is 0 Å². The number of fused-ring (bicyclic) bond motifs is 4. The molecule has 0 saturated heterocycles. The average Bonchev–Trinajstić information content (AvgIpc) is 3.52. The maximum absolute atomic E-state index is 2.49. The Kier molecular flexibility index (Phi) is 8.15. The second-order valence-electron chi connectivity index (χ2n) is 19.2. The zero-order valence-electron chi connectivity index (χ0n) is 34.7. The van der Waals surface area contributed by atoms with Crippen molar-refractivity contribution < 1.29 is 0 Å². The van der Waals surface area contributed by atoms with Crippen molar-refractivity contribution in [2.75, 3.05) is 4.90 Å². The minimum atomic E-state index is -0.109. The Morgan fingerprint density at radius 1 is 0.400 bits per heavy atom. The van der Waals surface area contributed by atoms with E-state index in [1.54, 1.807) is 5.56 Å². The van der Waals surface area contributed by atoms with E-state index < -0.39 is 0 Å². The fraction of sp³-hybridized carbons (Fsp3) is 0.220. The monoisotopic (exact) mass is 773 g/mol. The zero-order valence-corrected chi connectivity index (χ0v) is 34.7. The quantitative estimate of drug-likeness (QED) is 0.156. The number of rotatable bonds is 7. The molecule has 0 heterocycles. The van der Waals surface area contributed by atoms with Gasteiger partial charge in [-0.1, -0.05) is 153 Å². The van der Waals surface area contributed by atoms with Gasteiger partial charge < -0.3 is 4.90 Å². The molecule has 0 radical (unpaired) electrons. The van der Waals surface area contributed by atoms with Crippen LogP contribution in [0, 0.1) is 17.8 Å². The maximum Gasteiger partial charge on any atom is 0.0540 e. The molecule has 4 saturated carbocycles. The largest absolute Gasteiger partial charge is 0.310 e. The Labute approximate surface area is 355 Å². The molecule has 5 aliphatic carbocycles. The highest BCUT2D eigenvalue weighted by molar-refractivity contribution is 5.94. The van der Waals surface area contributed by atoms with Crippen LogP contribution in [0.25, 0.3) is 55.3 Å². The predicted molar refractivity (Wildman–Crippen MR) is 252 cm³/mol. The third-order valence-corrected chi connectivity index (χ3v) is 15.2. The summed E-state index contributed by atoms with van der Waals surface area (Å²) >= 11 is 0. The van der Waals surface area contributed by atoms with Crippen molar-refractivity contribution >= 4 is 27.8 Å². The predicted octanol–water partition coefficient (Wildman–Crippen LogP) is 16.1. The minimum Gasteiger partial charge on any atom is -0.310 e. The molecule has 0 aromatic heterocycles. The maximum atomic E-state index is 2.49. The van der Waals surface area contributed by atoms with Gasteiger partial charge in [-0.05, 0) is 171 Å². The second-order valence-corrected chi connectivity index (χ2v) is 19.2. The van der Waals surface area contributed by atoms with Crippen LogP contribution in [0.3, 0.4) is 0 Å². The van der Waals surface area contributed by atoms with Gasteiger partial charge in [0.25, 0.3) is 0 Å². The van der Waals surface area contributed by atoms with E-state index in [0.717, 1.165) is 34.8 Å². The highest BCUT2D eigenvalue weighted by Gasteiger charge is 2.51. The number of hydrogen-bond acceptors (Lipinski definition) is 1. The number of nitrogens with zero attached hydrogens (tertiary/aromatic N) is 1. The molecule has 8 aromatic carbocycles. The van der Waals surface area contributed by atoms with Crippen LogP contribution in [0.1, 0.15) is 69.1 Å². The summed E-state index contributed by atoms with van der Waals surface area (Å²) in [6, 6.07) is 68.7. The van der Waals surface area contributed by atoms with Crippen molar-refractivity contribution in [3.63, 3.8) is 0 Å². The summed E-state index contributed by atoms with van der Waals surface area (Å²) in [7, 11) is 0. The summed E-state index contributed by atoms with van der Waals surface area (Å²) in [6.07, 6.45) is 8.67. The zero-order chi connectivity index (χ0) is 40.0. The molecule has 1 heteroatoms. The molecule has 0 atom stereocenters. The smallest absolute Gasteiger partial charge is 0.0540 e. The molecule has 0 aliphatic heterocycles. The average molecular weight is 774 g/mol. The molecule has 292 valence electrons. The van der Waals surface area contributed by atoms with Crippen LogP contribution < -0.4 is 4.90 Å². The molecule has 0 N–H and O–H groups in total. The van der Waals surface area contributed by atoms with Crippen molar-refractivity contribution in [1.82, 2.24) is 0 Å². The molecule has 13 rings (SSSR count). The number of hydrogen-bond donors (Lipinski definition) is 0. The first-order valence-electron chi connectivity index (χ1n) is 22.3. The van der Waals surface area contributed by atoms with Gasteiger partial charge in [0, 0.05) is 22.4 Å². The van der Waals surface area contributed by atoms with E-state index in [1.165, 1.54) is 105 Å². The Bertz CT molecular complexity index is 2880. The van der Waals surface area contributed by atoms with Crippen LogP contribution >= 0.6 is 0 Å². The molecular weight excluding hydrogens is 723 g/mol. The van der Waals surface area contributed by atoms with Gasteiger partial charge in [0.05, 0.1) is 5.69 Å². The van der Waals surface area contributed by atoms with Crippen LogP contribution in [-0.4, -0.2) is 0 Å². The summed E-state index contributed by atoms with van der Waals surface area (Å²) in [5.74, 6) is 2.86. The standard InChI is InChI=1S/C59H51N/c1-58(2)55-15-9-8-14-52(55)53-28-27-51(35-56(53)58)60(57-29-22-48(34-54(57)45-11-4-3-5-12-45)47-17-16-42-10-6-7-13-46(42)33-47)50-25-20-44(21-26-50)43-18-23-49(24-19-43)59-36-39-30-40(37-59)32-41(31-39)38-59/h3-29,33-35,39-41H,30-32,36-38H2,1-2H3. The van der Waals surface area contributed by atoms with Crippen LogP contribution in [0.5, 0.6) is 0 Å². The van der Waals surface area contributed by atoms with Crippen molar-refractivity contribution in [3.05, 3.63) is 199 Å². The van der Waals surface area contributed by atoms with Crippen molar-refractivity contribution in [1.29, 1.82) is 0 Å². The fourth-order valence-corrected chi connectivity index (χ4v) is 12.7. The Morgan fingerprint density at radius 3 is 1.70 bits per heavy atom. The molecule has 60 heavy (non-hydrogen) atoms. The normalized spacial score (nSPS) is 21.8. The number of benzene rings is 8. The van der Waals surface area contributed by atoms with Gasteiger partial charge in [-0.2, -0.15) is 0 Å². The van der Waals surface area contributed by atoms with E-state index in [4.69, 9.17) is 0 Å². The summed E-state index contributed by atoms with van der Waals surface area (Å²) in [4.78, 5) is 2.49. The van der Waals surface area contributed by atoms with Crippen LogP contribution in [0.2, 0.25) is 0 Å². The lowest BCUT2D eigenvalue weighted by molar-refractivity contribution is -0.00518. The number of anilines is 3. The van der Waals surface area contributed by atoms with Crippen LogP contribution in [0.15, 0.2) is 182 Å². The SMILES string of the molecule is CC1(C)c2ccccc2-c2ccc(N(c3ccc(-c4ccc(C56CC7CC(CC(C7)C5)C6)cc4)cc3)c3ccc(-c4ccc5ccccc5c4)cc3-c3ccccc3)cc21. The first-order valence-corrected chi connectivity index (χ1v) is 22.3. The highest BCUT2D eigenvalue weighted by Crippen LogP contribution is 2.61. The third kappa shape index (κ3) is 5.81. The molecule has 0 unspecified atom stereocenters. The van der Waals surface area contributed by atoms with E-state index in [0.29, 0.717) is 5.41 Å². The van der Waals surface area contributed by atoms with E-state index >= 15 is 0 Å². The summed E-state index contributed by atoms with van der Waals surface area (Å²) in [6.45, 7) is 4.76. The van der Waals surface area contributed by atoms with Gasteiger partial charge in [-0.25, -0.2) is 0 Å². The van der Waals surface area contributed by atoms with E-state index in [1.807, 2.05) is 0 Å². The fourth-order valence-electron chi connectivity index (χ4n) is 12.7. The van der Waals surface area contributed by atoms with E-state index in [9.17, 15) is 0 Å². The molecule has 4 fully saturated rings. The lowest BCUT2D eigenvalue weighted by Crippen LogP contribution is -2.48. The molecule has 4 bridgehead atoms. The first-order chi connectivity index (χ1) is 29.4. The van der Waals surface area contributed by atoms with Gasteiger partial charge >= 0.3 is 0 Å². The summed E-state index contributed by atoms with van der Waals surface area (Å²) in [5.41, 5.74) is 18.2. The van der Waals surface area contributed by atoms with Crippen LogP contribution in [0.4, 0.5) is 17.1 Å². The summed E-state index contributed by atoms with van der Waals surface area (Å²) < 4.78 is 0. The van der Waals surface area contributed by atoms with Gasteiger partial charge in [-0.3, -0.25) is 0 Å².